The van der Waals surface area contributed by atoms with Crippen LogP contribution >= 0.6 is 22.9 Å². The Morgan fingerprint density at radius 1 is 1.12 bits per heavy atom. The third-order valence-electron chi connectivity index (χ3n) is 7.85. The lowest BCUT2D eigenvalue weighted by Crippen LogP contribution is -2.51. The molecule has 1 fully saturated rings. The molecule has 3 heterocycles. The molecule has 1 unspecified atom stereocenters. The van der Waals surface area contributed by atoms with Crippen molar-refractivity contribution in [1.82, 2.24) is 19.8 Å². The Bertz CT molecular complexity index is 1620. The Balaban J connectivity index is 1.79. The first kappa shape index (κ1) is 30.2. The second-order valence-corrected chi connectivity index (χ2v) is 12.7. The fourth-order valence-electron chi connectivity index (χ4n) is 5.76. The highest BCUT2D eigenvalue weighted by molar-refractivity contribution is 7.13. The Morgan fingerprint density at radius 3 is 2.43 bits per heavy atom. The number of thiazole rings is 1. The molecule has 220 valence electrons. The number of hydrogen-bond donors (Lipinski definition) is 1. The summed E-state index contributed by atoms with van der Waals surface area (Å²) in [6, 6.07) is 15.8. The van der Waals surface area contributed by atoms with Gasteiger partial charge in [0.05, 0.1) is 22.5 Å². The summed E-state index contributed by atoms with van der Waals surface area (Å²) < 4.78 is 1.86. The van der Waals surface area contributed by atoms with Crippen LogP contribution in [0.3, 0.4) is 0 Å². The fraction of sp³-hybridized carbons (Fsp3) is 0.382. The van der Waals surface area contributed by atoms with Crippen LogP contribution < -0.4 is 10.9 Å². The number of carbonyl (C=O) groups excluding carboxylic acids is 1. The summed E-state index contributed by atoms with van der Waals surface area (Å²) in [5, 5.41) is 6.65. The highest BCUT2D eigenvalue weighted by Gasteiger charge is 2.29. The van der Waals surface area contributed by atoms with Crippen LogP contribution in [0.25, 0.3) is 27.5 Å². The molecular weight excluding hydrogens is 564 g/mol. The van der Waals surface area contributed by atoms with Crippen LogP contribution in [0.2, 0.25) is 5.02 Å². The van der Waals surface area contributed by atoms with Crippen LogP contribution in [0, 0.1) is 5.92 Å². The van der Waals surface area contributed by atoms with Gasteiger partial charge in [-0.3, -0.25) is 14.2 Å². The minimum absolute atomic E-state index is 0.0319. The van der Waals surface area contributed by atoms with Crippen molar-refractivity contribution in [2.75, 3.05) is 19.6 Å². The second-order valence-electron chi connectivity index (χ2n) is 11.4. The third kappa shape index (κ3) is 6.10. The van der Waals surface area contributed by atoms with E-state index < -0.39 is 0 Å². The van der Waals surface area contributed by atoms with Gasteiger partial charge in [0, 0.05) is 47.3 Å². The molecule has 0 spiro atoms. The van der Waals surface area contributed by atoms with E-state index in [0.29, 0.717) is 40.7 Å². The van der Waals surface area contributed by atoms with Crippen molar-refractivity contribution in [1.29, 1.82) is 0 Å². The minimum atomic E-state index is -0.136. The van der Waals surface area contributed by atoms with Gasteiger partial charge in [0.25, 0.3) is 11.5 Å². The van der Waals surface area contributed by atoms with Crippen molar-refractivity contribution >= 4 is 28.8 Å². The molecule has 1 N–H and O–H groups in total. The Morgan fingerprint density at radius 2 is 1.81 bits per heavy atom. The maximum absolute atomic E-state index is 14.7. The number of rotatable bonds is 8. The van der Waals surface area contributed by atoms with E-state index in [9.17, 15) is 9.59 Å². The van der Waals surface area contributed by atoms with Gasteiger partial charge < -0.3 is 10.2 Å². The summed E-state index contributed by atoms with van der Waals surface area (Å²) in [6.45, 7) is 12.6. The van der Waals surface area contributed by atoms with E-state index in [1.807, 2.05) is 45.2 Å². The zero-order chi connectivity index (χ0) is 30.0. The van der Waals surface area contributed by atoms with Crippen LogP contribution in [-0.2, 0) is 19.3 Å². The lowest BCUT2D eigenvalue weighted by Gasteiger charge is -2.33. The van der Waals surface area contributed by atoms with Gasteiger partial charge in [0.15, 0.2) is 0 Å². The second kappa shape index (κ2) is 12.9. The number of piperazine rings is 1. The molecule has 0 radical (unpaired) electrons. The van der Waals surface area contributed by atoms with Gasteiger partial charge in [0.1, 0.15) is 5.01 Å². The maximum Gasteiger partial charge on any atom is 0.265 e. The van der Waals surface area contributed by atoms with E-state index in [0.717, 1.165) is 53.2 Å². The van der Waals surface area contributed by atoms with Crippen molar-refractivity contribution in [3.05, 3.63) is 91.7 Å². The molecule has 0 aliphatic carbocycles. The predicted octanol–water partition coefficient (Wildman–Crippen LogP) is 7.04. The Labute approximate surface area is 257 Å². The normalized spacial score (nSPS) is 15.4. The first-order valence-corrected chi connectivity index (χ1v) is 16.1. The van der Waals surface area contributed by atoms with Crippen LogP contribution in [0.15, 0.2) is 58.7 Å². The van der Waals surface area contributed by atoms with Crippen LogP contribution in [0.5, 0.6) is 0 Å². The van der Waals surface area contributed by atoms with Gasteiger partial charge >= 0.3 is 0 Å². The topological polar surface area (TPSA) is 67.2 Å². The molecule has 1 atom stereocenters. The van der Waals surface area contributed by atoms with Crippen LogP contribution in [0.1, 0.15) is 61.8 Å². The molecule has 4 aromatic rings. The van der Waals surface area contributed by atoms with E-state index in [4.69, 9.17) is 16.6 Å². The van der Waals surface area contributed by atoms with Gasteiger partial charge in [-0.05, 0) is 61.4 Å². The SMILES string of the molecule is CCc1cccc(CC)c1-n1c(CC(C)C)c(C(=O)N2CCNC(C)C2)cc(-c2nc(-c3ccc(Cl)cc3)cs2)c1=O. The zero-order valence-electron chi connectivity index (χ0n) is 25.0. The monoisotopic (exact) mass is 602 g/mol. The van der Waals surface area contributed by atoms with Gasteiger partial charge in [-0.2, -0.15) is 0 Å². The Kier molecular flexibility index (Phi) is 9.31. The molecule has 1 saturated heterocycles. The number of benzene rings is 2. The maximum atomic E-state index is 14.7. The quantitative estimate of drug-likeness (QED) is 0.235. The number of aryl methyl sites for hydroxylation is 2. The first-order valence-electron chi connectivity index (χ1n) is 14.9. The zero-order valence-corrected chi connectivity index (χ0v) is 26.6. The summed E-state index contributed by atoms with van der Waals surface area (Å²) in [5.41, 5.74) is 6.47. The van der Waals surface area contributed by atoms with E-state index in [2.05, 4.69) is 58.1 Å². The van der Waals surface area contributed by atoms with E-state index >= 15 is 0 Å². The van der Waals surface area contributed by atoms with Crippen molar-refractivity contribution < 1.29 is 4.79 Å². The van der Waals surface area contributed by atoms with Gasteiger partial charge in [-0.15, -0.1) is 11.3 Å². The van der Waals surface area contributed by atoms with Crippen molar-refractivity contribution in [2.24, 2.45) is 5.92 Å². The fourth-order valence-corrected chi connectivity index (χ4v) is 6.72. The lowest BCUT2D eigenvalue weighted by atomic mass is 9.96. The molecule has 42 heavy (non-hydrogen) atoms. The number of amides is 1. The summed E-state index contributed by atoms with van der Waals surface area (Å²) >= 11 is 7.54. The molecule has 5 rings (SSSR count). The van der Waals surface area contributed by atoms with Crippen molar-refractivity contribution in [2.45, 2.75) is 59.9 Å². The Hall–Kier alpha value is -3.26. The molecule has 2 aromatic heterocycles. The van der Waals surface area contributed by atoms with Gasteiger partial charge in [-0.1, -0.05) is 69.6 Å². The standard InChI is InChI=1S/C34H39ClN4O2S/c1-6-23-9-8-10-24(7-2)31(23)39-30(17-21(3)4)27(33(40)38-16-15-36-22(5)19-38)18-28(34(39)41)32-37-29(20-42-32)25-11-13-26(35)14-12-25/h8-14,18,20-22,36H,6-7,15-17,19H2,1-5H3. The molecule has 1 aliphatic rings. The summed E-state index contributed by atoms with van der Waals surface area (Å²) in [4.78, 5) is 35.9. The van der Waals surface area contributed by atoms with Crippen LogP contribution in [-0.4, -0.2) is 46.0 Å². The summed E-state index contributed by atoms with van der Waals surface area (Å²) in [6.07, 6.45) is 2.16. The number of pyridine rings is 1. The predicted molar refractivity (Wildman–Crippen MR) is 174 cm³/mol. The van der Waals surface area contributed by atoms with E-state index in [1.54, 1.807) is 0 Å². The highest BCUT2D eigenvalue weighted by atomic mass is 35.5. The summed E-state index contributed by atoms with van der Waals surface area (Å²) in [5.74, 6) is 0.209. The van der Waals surface area contributed by atoms with Gasteiger partial charge in [0.2, 0.25) is 0 Å². The molecule has 8 heteroatoms. The number of aromatic nitrogens is 2. The number of nitrogens with zero attached hydrogens (tertiary/aromatic N) is 3. The number of para-hydroxylation sites is 1. The average Bonchev–Trinajstić information content (AvgIpc) is 3.47. The molecule has 2 aromatic carbocycles. The molecule has 0 bridgehead atoms. The third-order valence-corrected chi connectivity index (χ3v) is 8.98. The number of hydrogen-bond acceptors (Lipinski definition) is 5. The number of carbonyl (C=O) groups is 1. The van der Waals surface area contributed by atoms with Gasteiger partial charge in [-0.25, -0.2) is 4.98 Å². The molecule has 1 aliphatic heterocycles. The van der Waals surface area contributed by atoms with Crippen LogP contribution in [0.4, 0.5) is 0 Å². The number of nitrogens with one attached hydrogen (secondary N) is 1. The smallest absolute Gasteiger partial charge is 0.265 e. The molecule has 1 amide bonds. The summed E-state index contributed by atoms with van der Waals surface area (Å²) in [7, 11) is 0. The molecule has 6 nitrogen and oxygen atoms in total. The minimum Gasteiger partial charge on any atom is -0.336 e. The van der Waals surface area contributed by atoms with E-state index in [-0.39, 0.29) is 23.4 Å². The lowest BCUT2D eigenvalue weighted by molar-refractivity contribution is 0.0707. The first-order chi connectivity index (χ1) is 20.2. The van der Waals surface area contributed by atoms with Crippen molar-refractivity contribution in [3.8, 4) is 27.5 Å². The van der Waals surface area contributed by atoms with Crippen molar-refractivity contribution in [3.63, 3.8) is 0 Å². The average molecular weight is 603 g/mol. The van der Waals surface area contributed by atoms with E-state index in [1.165, 1.54) is 11.3 Å². The molecule has 0 saturated carbocycles. The number of halogens is 1. The molecular formula is C34H39ClN4O2S. The largest absolute Gasteiger partial charge is 0.336 e. The highest BCUT2D eigenvalue weighted by Crippen LogP contribution is 2.32.